The number of carbonyl (C=O) groups excluding carboxylic acids is 2. The Labute approximate surface area is 119 Å². The van der Waals surface area contributed by atoms with Gasteiger partial charge in [-0.25, -0.2) is 0 Å². The van der Waals surface area contributed by atoms with Crippen LogP contribution in [0.2, 0.25) is 0 Å². The summed E-state index contributed by atoms with van der Waals surface area (Å²) in [5, 5.41) is 13.2. The molecule has 3 N–H and O–H groups in total. The van der Waals surface area contributed by atoms with E-state index in [9.17, 15) is 19.7 Å². The fourth-order valence-electron chi connectivity index (χ4n) is 1.79. The normalized spacial score (nSPS) is 10.1. The summed E-state index contributed by atoms with van der Waals surface area (Å²) in [6.07, 6.45) is 1.26. The van der Waals surface area contributed by atoms with Crippen molar-refractivity contribution < 1.29 is 14.5 Å². The molecule has 0 spiro atoms. The van der Waals surface area contributed by atoms with Crippen LogP contribution in [0.4, 0.5) is 11.4 Å². The van der Waals surface area contributed by atoms with Crippen molar-refractivity contribution in [1.82, 2.24) is 4.57 Å². The second kappa shape index (κ2) is 5.45. The van der Waals surface area contributed by atoms with Crippen molar-refractivity contribution in [3.63, 3.8) is 0 Å². The summed E-state index contributed by atoms with van der Waals surface area (Å²) >= 11 is 0. The third kappa shape index (κ3) is 3.06. The zero-order chi connectivity index (χ0) is 15.6. The van der Waals surface area contributed by atoms with Gasteiger partial charge in [0.2, 0.25) is 5.91 Å². The SMILES string of the molecule is Cn1cc([N+](=O)[O-])cc1C(=O)Nc1ccc(C(N)=O)cc1. The molecule has 0 saturated heterocycles. The van der Waals surface area contributed by atoms with E-state index in [1.54, 1.807) is 0 Å². The monoisotopic (exact) mass is 288 g/mol. The van der Waals surface area contributed by atoms with Crippen LogP contribution in [0.5, 0.6) is 0 Å². The second-order valence-corrected chi connectivity index (χ2v) is 4.35. The van der Waals surface area contributed by atoms with E-state index in [0.717, 1.165) is 0 Å². The van der Waals surface area contributed by atoms with E-state index in [0.29, 0.717) is 11.3 Å². The number of amides is 2. The van der Waals surface area contributed by atoms with E-state index >= 15 is 0 Å². The second-order valence-electron chi connectivity index (χ2n) is 4.35. The number of hydrogen-bond acceptors (Lipinski definition) is 4. The molecule has 0 aliphatic carbocycles. The van der Waals surface area contributed by atoms with Crippen LogP contribution < -0.4 is 11.1 Å². The highest BCUT2D eigenvalue weighted by Gasteiger charge is 2.17. The molecule has 1 aromatic carbocycles. The van der Waals surface area contributed by atoms with E-state index in [1.807, 2.05) is 0 Å². The van der Waals surface area contributed by atoms with E-state index in [4.69, 9.17) is 5.73 Å². The average Bonchev–Trinajstić information content (AvgIpc) is 2.81. The van der Waals surface area contributed by atoms with E-state index in [2.05, 4.69) is 5.32 Å². The molecule has 0 saturated carbocycles. The Kier molecular flexibility index (Phi) is 3.70. The van der Waals surface area contributed by atoms with Gasteiger partial charge < -0.3 is 15.6 Å². The number of carbonyl (C=O) groups is 2. The van der Waals surface area contributed by atoms with Gasteiger partial charge in [-0.05, 0) is 24.3 Å². The molecule has 0 unspecified atom stereocenters. The summed E-state index contributed by atoms with van der Waals surface area (Å²) in [5.74, 6) is -1.05. The van der Waals surface area contributed by atoms with Gasteiger partial charge in [0.15, 0.2) is 0 Å². The quantitative estimate of drug-likeness (QED) is 0.650. The third-order valence-electron chi connectivity index (χ3n) is 2.86. The van der Waals surface area contributed by atoms with Gasteiger partial charge in [0, 0.05) is 24.4 Å². The van der Waals surface area contributed by atoms with Gasteiger partial charge in [0.25, 0.3) is 11.6 Å². The van der Waals surface area contributed by atoms with Gasteiger partial charge in [0.05, 0.1) is 11.1 Å². The number of benzene rings is 1. The van der Waals surface area contributed by atoms with E-state index < -0.39 is 16.7 Å². The predicted octanol–water partition coefficient (Wildman–Crippen LogP) is 1.28. The Hall–Kier alpha value is -3.16. The Morgan fingerprint density at radius 2 is 1.90 bits per heavy atom. The largest absolute Gasteiger partial charge is 0.366 e. The van der Waals surface area contributed by atoms with Crippen LogP contribution in [-0.2, 0) is 7.05 Å². The summed E-state index contributed by atoms with van der Waals surface area (Å²) in [6, 6.07) is 7.19. The summed E-state index contributed by atoms with van der Waals surface area (Å²) in [5.41, 5.74) is 5.88. The van der Waals surface area contributed by atoms with Gasteiger partial charge in [-0.3, -0.25) is 19.7 Å². The Morgan fingerprint density at radius 1 is 1.29 bits per heavy atom. The van der Waals surface area contributed by atoms with Gasteiger partial charge in [-0.1, -0.05) is 0 Å². The van der Waals surface area contributed by atoms with Crippen molar-refractivity contribution in [2.24, 2.45) is 12.8 Å². The topological polar surface area (TPSA) is 120 Å². The number of nitrogens with two attached hydrogens (primary N) is 1. The molecule has 1 heterocycles. The first kappa shape index (κ1) is 14.3. The highest BCUT2D eigenvalue weighted by atomic mass is 16.6. The molecule has 0 aliphatic rings. The van der Waals surface area contributed by atoms with Crippen LogP contribution in [0.3, 0.4) is 0 Å². The lowest BCUT2D eigenvalue weighted by molar-refractivity contribution is -0.384. The summed E-state index contributed by atoms with van der Waals surface area (Å²) in [4.78, 5) is 33.1. The van der Waals surface area contributed by atoms with Crippen molar-refractivity contribution in [2.75, 3.05) is 5.32 Å². The van der Waals surface area contributed by atoms with Crippen molar-refractivity contribution in [3.8, 4) is 0 Å². The van der Waals surface area contributed by atoms with Gasteiger partial charge in [0.1, 0.15) is 5.69 Å². The molecule has 8 nitrogen and oxygen atoms in total. The molecule has 8 heteroatoms. The Balaban J connectivity index is 2.17. The highest BCUT2D eigenvalue weighted by Crippen LogP contribution is 2.17. The van der Waals surface area contributed by atoms with Crippen LogP contribution >= 0.6 is 0 Å². The van der Waals surface area contributed by atoms with Gasteiger partial charge in [-0.2, -0.15) is 0 Å². The first-order valence-electron chi connectivity index (χ1n) is 5.90. The minimum absolute atomic E-state index is 0.153. The number of nitrogens with one attached hydrogen (secondary N) is 1. The van der Waals surface area contributed by atoms with Gasteiger partial charge >= 0.3 is 0 Å². The highest BCUT2D eigenvalue weighted by molar-refractivity contribution is 6.04. The molecule has 2 rings (SSSR count). The first-order valence-corrected chi connectivity index (χ1v) is 5.90. The zero-order valence-corrected chi connectivity index (χ0v) is 11.1. The minimum Gasteiger partial charge on any atom is -0.366 e. The first-order chi connectivity index (χ1) is 9.88. The summed E-state index contributed by atoms with van der Waals surface area (Å²) in [6.45, 7) is 0. The lowest BCUT2D eigenvalue weighted by Gasteiger charge is -2.06. The number of primary amides is 1. The number of aryl methyl sites for hydroxylation is 1. The number of rotatable bonds is 4. The van der Waals surface area contributed by atoms with Crippen LogP contribution in [0.15, 0.2) is 36.5 Å². The van der Waals surface area contributed by atoms with Crippen LogP contribution in [0.1, 0.15) is 20.8 Å². The lowest BCUT2D eigenvalue weighted by atomic mass is 10.2. The molecule has 0 fully saturated rings. The zero-order valence-electron chi connectivity index (χ0n) is 11.1. The maximum Gasteiger partial charge on any atom is 0.287 e. The number of nitrogens with zero attached hydrogens (tertiary/aromatic N) is 2. The van der Waals surface area contributed by atoms with E-state index in [1.165, 1.54) is 48.1 Å². The Bertz CT molecular complexity index is 718. The van der Waals surface area contributed by atoms with Crippen molar-refractivity contribution in [3.05, 3.63) is 57.9 Å². The number of aromatic nitrogens is 1. The molecule has 1 aromatic heterocycles. The Morgan fingerprint density at radius 3 is 2.38 bits per heavy atom. The molecular weight excluding hydrogens is 276 g/mol. The average molecular weight is 288 g/mol. The standard InChI is InChI=1S/C13H12N4O4/c1-16-7-10(17(20)21)6-11(16)13(19)15-9-4-2-8(3-5-9)12(14)18/h2-7H,1H3,(H2,14,18)(H,15,19). The van der Waals surface area contributed by atoms with Crippen LogP contribution in [0.25, 0.3) is 0 Å². The molecule has 0 aliphatic heterocycles. The maximum atomic E-state index is 12.0. The fraction of sp³-hybridized carbons (Fsp3) is 0.0769. The third-order valence-corrected chi connectivity index (χ3v) is 2.86. The predicted molar refractivity (Wildman–Crippen MR) is 75.0 cm³/mol. The summed E-state index contributed by atoms with van der Waals surface area (Å²) in [7, 11) is 1.54. The fourth-order valence-corrected chi connectivity index (χ4v) is 1.79. The van der Waals surface area contributed by atoms with Crippen molar-refractivity contribution in [2.45, 2.75) is 0 Å². The molecule has 0 bridgehead atoms. The van der Waals surface area contributed by atoms with Crippen molar-refractivity contribution in [1.29, 1.82) is 0 Å². The molecule has 0 radical (unpaired) electrons. The van der Waals surface area contributed by atoms with Crippen LogP contribution in [-0.4, -0.2) is 21.3 Å². The maximum absolute atomic E-state index is 12.0. The van der Waals surface area contributed by atoms with Gasteiger partial charge in [-0.15, -0.1) is 0 Å². The molecule has 0 atom stereocenters. The van der Waals surface area contributed by atoms with E-state index in [-0.39, 0.29) is 11.4 Å². The molecule has 2 amide bonds. The molecule has 2 aromatic rings. The lowest BCUT2D eigenvalue weighted by Crippen LogP contribution is -2.15. The number of anilines is 1. The molecule has 108 valence electrons. The summed E-state index contributed by atoms with van der Waals surface area (Å²) < 4.78 is 1.37. The number of nitro groups is 1. The minimum atomic E-state index is -0.571. The van der Waals surface area contributed by atoms with Crippen LogP contribution in [0, 0.1) is 10.1 Å². The molecule has 21 heavy (non-hydrogen) atoms. The smallest absolute Gasteiger partial charge is 0.287 e. The number of hydrogen-bond donors (Lipinski definition) is 2. The molecular formula is C13H12N4O4. The van der Waals surface area contributed by atoms with Crippen molar-refractivity contribution >= 4 is 23.2 Å².